The SMILES string of the molecule is O=C(NCC1CCCC1O)C1=CCCC1. The average molecular weight is 209 g/mol. The molecular formula is C12H19NO2. The summed E-state index contributed by atoms with van der Waals surface area (Å²) in [6, 6.07) is 0. The molecule has 2 N–H and O–H groups in total. The van der Waals surface area contributed by atoms with E-state index in [1.807, 2.05) is 6.08 Å². The summed E-state index contributed by atoms with van der Waals surface area (Å²) in [4.78, 5) is 11.6. The van der Waals surface area contributed by atoms with Crippen LogP contribution in [0.25, 0.3) is 0 Å². The fraction of sp³-hybridized carbons (Fsp3) is 0.750. The molecule has 1 amide bonds. The van der Waals surface area contributed by atoms with E-state index < -0.39 is 0 Å². The molecule has 15 heavy (non-hydrogen) atoms. The Morgan fingerprint density at radius 1 is 1.47 bits per heavy atom. The molecule has 0 aliphatic heterocycles. The zero-order valence-corrected chi connectivity index (χ0v) is 9.04. The number of aliphatic hydroxyl groups excluding tert-OH is 1. The number of carbonyl (C=O) groups is 1. The van der Waals surface area contributed by atoms with E-state index in [4.69, 9.17) is 0 Å². The van der Waals surface area contributed by atoms with Gasteiger partial charge in [-0.25, -0.2) is 0 Å². The largest absolute Gasteiger partial charge is 0.393 e. The Kier molecular flexibility index (Phi) is 3.41. The van der Waals surface area contributed by atoms with E-state index in [1.165, 1.54) is 0 Å². The van der Waals surface area contributed by atoms with Gasteiger partial charge in [-0.15, -0.1) is 0 Å². The summed E-state index contributed by atoms with van der Waals surface area (Å²) in [5.41, 5.74) is 0.933. The molecule has 3 heteroatoms. The maximum absolute atomic E-state index is 11.6. The Labute approximate surface area is 90.6 Å². The molecule has 0 bridgehead atoms. The van der Waals surface area contributed by atoms with Gasteiger partial charge in [0.1, 0.15) is 0 Å². The lowest BCUT2D eigenvalue weighted by atomic mass is 10.1. The number of carbonyl (C=O) groups excluding carboxylic acids is 1. The number of hydrogen-bond acceptors (Lipinski definition) is 2. The first-order chi connectivity index (χ1) is 7.27. The summed E-state index contributed by atoms with van der Waals surface area (Å²) in [7, 11) is 0. The summed E-state index contributed by atoms with van der Waals surface area (Å²) in [5, 5.41) is 12.5. The van der Waals surface area contributed by atoms with Gasteiger partial charge in [0.15, 0.2) is 0 Å². The van der Waals surface area contributed by atoms with Crippen LogP contribution in [0.4, 0.5) is 0 Å². The number of rotatable bonds is 3. The highest BCUT2D eigenvalue weighted by molar-refractivity contribution is 5.93. The first kappa shape index (κ1) is 10.7. The van der Waals surface area contributed by atoms with Crippen molar-refractivity contribution in [2.75, 3.05) is 6.54 Å². The lowest BCUT2D eigenvalue weighted by molar-refractivity contribution is -0.117. The minimum Gasteiger partial charge on any atom is -0.393 e. The minimum absolute atomic E-state index is 0.0756. The van der Waals surface area contributed by atoms with Crippen LogP contribution in [-0.2, 0) is 4.79 Å². The molecule has 3 nitrogen and oxygen atoms in total. The third-order valence-corrected chi connectivity index (χ3v) is 3.48. The van der Waals surface area contributed by atoms with Crippen LogP contribution in [-0.4, -0.2) is 23.7 Å². The molecule has 2 unspecified atom stereocenters. The zero-order chi connectivity index (χ0) is 10.7. The molecule has 0 aromatic heterocycles. The van der Waals surface area contributed by atoms with Crippen molar-refractivity contribution in [1.29, 1.82) is 0 Å². The monoisotopic (exact) mass is 209 g/mol. The van der Waals surface area contributed by atoms with Crippen molar-refractivity contribution < 1.29 is 9.90 Å². The predicted molar refractivity (Wildman–Crippen MR) is 58.3 cm³/mol. The fourth-order valence-electron chi connectivity index (χ4n) is 2.47. The van der Waals surface area contributed by atoms with Crippen molar-refractivity contribution in [3.05, 3.63) is 11.6 Å². The Hall–Kier alpha value is -0.830. The number of aliphatic hydroxyl groups is 1. The third kappa shape index (κ3) is 2.59. The van der Waals surface area contributed by atoms with E-state index in [2.05, 4.69) is 5.32 Å². The maximum Gasteiger partial charge on any atom is 0.246 e. The first-order valence-corrected chi connectivity index (χ1v) is 5.92. The second-order valence-electron chi connectivity index (χ2n) is 4.59. The molecule has 2 aliphatic rings. The molecule has 0 spiro atoms. The van der Waals surface area contributed by atoms with Gasteiger partial charge in [0.2, 0.25) is 5.91 Å². The van der Waals surface area contributed by atoms with Crippen molar-refractivity contribution >= 4 is 5.91 Å². The highest BCUT2D eigenvalue weighted by Crippen LogP contribution is 2.25. The van der Waals surface area contributed by atoms with Crippen molar-refractivity contribution in [3.63, 3.8) is 0 Å². The van der Waals surface area contributed by atoms with Crippen LogP contribution < -0.4 is 5.32 Å². The Morgan fingerprint density at radius 3 is 2.93 bits per heavy atom. The van der Waals surface area contributed by atoms with Crippen molar-refractivity contribution in [3.8, 4) is 0 Å². The number of amides is 1. The minimum atomic E-state index is -0.206. The molecule has 1 saturated carbocycles. The Bertz CT molecular complexity index is 273. The van der Waals surface area contributed by atoms with Gasteiger partial charge in [0, 0.05) is 18.0 Å². The van der Waals surface area contributed by atoms with Crippen molar-refractivity contribution in [2.45, 2.75) is 44.6 Å². The molecule has 2 atom stereocenters. The maximum atomic E-state index is 11.6. The highest BCUT2D eigenvalue weighted by atomic mass is 16.3. The summed E-state index contributed by atoms with van der Waals surface area (Å²) in [6.07, 6.45) is 7.90. The second kappa shape index (κ2) is 4.79. The first-order valence-electron chi connectivity index (χ1n) is 5.92. The molecule has 0 heterocycles. The van der Waals surface area contributed by atoms with Gasteiger partial charge in [0.05, 0.1) is 6.10 Å². The number of nitrogens with one attached hydrogen (secondary N) is 1. The van der Waals surface area contributed by atoms with Gasteiger partial charge in [-0.2, -0.15) is 0 Å². The lowest BCUT2D eigenvalue weighted by Gasteiger charge is -2.15. The lowest BCUT2D eigenvalue weighted by Crippen LogP contribution is -2.33. The summed E-state index contributed by atoms with van der Waals surface area (Å²) in [5.74, 6) is 0.350. The Morgan fingerprint density at radius 2 is 2.33 bits per heavy atom. The van der Waals surface area contributed by atoms with E-state index in [0.717, 1.165) is 44.1 Å². The van der Waals surface area contributed by atoms with Gasteiger partial charge >= 0.3 is 0 Å². The molecule has 0 radical (unpaired) electrons. The summed E-state index contributed by atoms with van der Waals surface area (Å²) < 4.78 is 0. The third-order valence-electron chi connectivity index (χ3n) is 3.48. The van der Waals surface area contributed by atoms with Crippen LogP contribution in [0.1, 0.15) is 38.5 Å². The summed E-state index contributed by atoms with van der Waals surface area (Å²) in [6.45, 7) is 0.636. The van der Waals surface area contributed by atoms with Crippen LogP contribution in [0.2, 0.25) is 0 Å². The van der Waals surface area contributed by atoms with E-state index >= 15 is 0 Å². The molecule has 0 aromatic carbocycles. The Balaban J connectivity index is 1.75. The molecule has 2 aliphatic carbocycles. The average Bonchev–Trinajstić information content (AvgIpc) is 2.85. The van der Waals surface area contributed by atoms with Crippen LogP contribution in [0.3, 0.4) is 0 Å². The van der Waals surface area contributed by atoms with Crippen LogP contribution in [0.15, 0.2) is 11.6 Å². The van der Waals surface area contributed by atoms with Gasteiger partial charge < -0.3 is 10.4 Å². The van der Waals surface area contributed by atoms with Gasteiger partial charge in [-0.1, -0.05) is 12.5 Å². The smallest absolute Gasteiger partial charge is 0.246 e. The number of hydrogen-bond donors (Lipinski definition) is 2. The molecule has 0 aromatic rings. The highest BCUT2D eigenvalue weighted by Gasteiger charge is 2.25. The number of allylic oxidation sites excluding steroid dienone is 1. The van der Waals surface area contributed by atoms with E-state index in [9.17, 15) is 9.90 Å². The van der Waals surface area contributed by atoms with Crippen LogP contribution in [0, 0.1) is 5.92 Å². The van der Waals surface area contributed by atoms with Gasteiger partial charge in [-0.3, -0.25) is 4.79 Å². The van der Waals surface area contributed by atoms with E-state index in [-0.39, 0.29) is 17.9 Å². The topological polar surface area (TPSA) is 49.3 Å². The van der Waals surface area contributed by atoms with Crippen LogP contribution in [0.5, 0.6) is 0 Å². The van der Waals surface area contributed by atoms with E-state index in [1.54, 1.807) is 0 Å². The standard InChI is InChI=1S/C12H19NO2/c14-11-7-3-6-10(11)8-13-12(15)9-4-1-2-5-9/h4,10-11,14H,1-3,5-8H2,(H,13,15). The normalized spacial score (nSPS) is 30.3. The van der Waals surface area contributed by atoms with Gasteiger partial charge in [0.25, 0.3) is 0 Å². The quantitative estimate of drug-likeness (QED) is 0.737. The molecular weight excluding hydrogens is 190 g/mol. The molecule has 0 saturated heterocycles. The summed E-state index contributed by atoms with van der Waals surface area (Å²) >= 11 is 0. The molecule has 2 rings (SSSR count). The second-order valence-corrected chi connectivity index (χ2v) is 4.59. The van der Waals surface area contributed by atoms with Crippen molar-refractivity contribution in [1.82, 2.24) is 5.32 Å². The van der Waals surface area contributed by atoms with Crippen LogP contribution >= 0.6 is 0 Å². The van der Waals surface area contributed by atoms with Gasteiger partial charge in [-0.05, 0) is 32.1 Å². The molecule has 84 valence electrons. The zero-order valence-electron chi connectivity index (χ0n) is 9.04. The fourth-order valence-corrected chi connectivity index (χ4v) is 2.47. The van der Waals surface area contributed by atoms with E-state index in [0.29, 0.717) is 6.54 Å². The van der Waals surface area contributed by atoms with Crippen molar-refractivity contribution in [2.24, 2.45) is 5.92 Å². The predicted octanol–water partition coefficient (Wildman–Crippen LogP) is 1.37. The molecule has 1 fully saturated rings.